The minimum Gasteiger partial charge on any atom is -0.495 e. The molecule has 21 heavy (non-hydrogen) atoms. The lowest BCUT2D eigenvalue weighted by Crippen LogP contribution is -2.27. The van der Waals surface area contributed by atoms with Crippen molar-refractivity contribution < 1.29 is 17.5 Å². The third-order valence-corrected chi connectivity index (χ3v) is 4.80. The van der Waals surface area contributed by atoms with E-state index in [1.165, 1.54) is 44.5 Å². The molecule has 2 rings (SSSR count). The molecule has 0 aromatic heterocycles. The minimum atomic E-state index is -3.91. The lowest BCUT2D eigenvalue weighted by molar-refractivity contribution is 0.403. The third kappa shape index (κ3) is 2.92. The summed E-state index contributed by atoms with van der Waals surface area (Å²) in [6.07, 6.45) is 0. The predicted octanol–water partition coefficient (Wildman–Crippen LogP) is 2.24. The third-order valence-electron chi connectivity index (χ3n) is 3.00. The first-order valence-corrected chi connectivity index (χ1v) is 7.48. The number of ether oxygens (including phenoxy) is 1. The first-order valence-electron chi connectivity index (χ1n) is 6.04. The smallest absolute Gasteiger partial charge is 0.267 e. The van der Waals surface area contributed by atoms with Crippen molar-refractivity contribution in [2.24, 2.45) is 0 Å². The Morgan fingerprint density at radius 1 is 1.19 bits per heavy atom. The van der Waals surface area contributed by atoms with Gasteiger partial charge in [0.2, 0.25) is 0 Å². The fourth-order valence-electron chi connectivity index (χ4n) is 1.85. The van der Waals surface area contributed by atoms with Gasteiger partial charge in [0, 0.05) is 12.7 Å². The van der Waals surface area contributed by atoms with Gasteiger partial charge in [-0.2, -0.15) is 0 Å². The molecule has 0 aliphatic carbocycles. The summed E-state index contributed by atoms with van der Waals surface area (Å²) < 4.78 is 44.6. The molecule has 0 saturated heterocycles. The van der Waals surface area contributed by atoms with Gasteiger partial charge in [0.05, 0.1) is 12.8 Å². The normalized spacial score (nSPS) is 11.2. The lowest BCUT2D eigenvalue weighted by atomic mass is 10.3. The van der Waals surface area contributed by atoms with Crippen LogP contribution in [-0.2, 0) is 10.0 Å². The second-order valence-electron chi connectivity index (χ2n) is 4.36. The van der Waals surface area contributed by atoms with Gasteiger partial charge in [0.25, 0.3) is 10.0 Å². The molecule has 0 amide bonds. The molecule has 0 atom stereocenters. The van der Waals surface area contributed by atoms with Crippen molar-refractivity contribution in [2.45, 2.75) is 4.90 Å². The molecule has 2 aromatic carbocycles. The van der Waals surface area contributed by atoms with Crippen LogP contribution in [-0.4, -0.2) is 22.6 Å². The van der Waals surface area contributed by atoms with Crippen LogP contribution in [0.15, 0.2) is 47.4 Å². The number of nitrogen functional groups attached to an aromatic ring is 1. The van der Waals surface area contributed by atoms with E-state index >= 15 is 0 Å². The molecule has 7 heteroatoms. The van der Waals surface area contributed by atoms with Crippen molar-refractivity contribution in [3.63, 3.8) is 0 Å². The van der Waals surface area contributed by atoms with Gasteiger partial charge in [-0.1, -0.05) is 6.07 Å². The van der Waals surface area contributed by atoms with Crippen LogP contribution in [0.1, 0.15) is 0 Å². The van der Waals surface area contributed by atoms with Crippen molar-refractivity contribution in [3.05, 3.63) is 48.3 Å². The van der Waals surface area contributed by atoms with Gasteiger partial charge < -0.3 is 10.5 Å². The predicted molar refractivity (Wildman–Crippen MR) is 79.4 cm³/mol. The molecule has 2 N–H and O–H groups in total. The van der Waals surface area contributed by atoms with Gasteiger partial charge in [0.1, 0.15) is 16.5 Å². The molecular weight excluding hydrogens is 295 g/mol. The molecular formula is C14H15FN2O3S. The van der Waals surface area contributed by atoms with Crippen molar-refractivity contribution >= 4 is 21.4 Å². The molecule has 0 bridgehead atoms. The summed E-state index contributed by atoms with van der Waals surface area (Å²) in [4.78, 5) is -0.0724. The molecule has 0 heterocycles. The van der Waals surface area contributed by atoms with Crippen LogP contribution in [0.25, 0.3) is 0 Å². The number of rotatable bonds is 4. The van der Waals surface area contributed by atoms with E-state index in [1.54, 1.807) is 6.07 Å². The number of sulfonamides is 1. The van der Waals surface area contributed by atoms with Crippen LogP contribution in [0, 0.1) is 5.82 Å². The number of nitrogens with two attached hydrogens (primary N) is 1. The SMILES string of the molecule is COc1ccc(N)cc1S(=O)(=O)N(C)c1cccc(F)c1. The number of nitrogens with zero attached hydrogens (tertiary/aromatic N) is 1. The van der Waals surface area contributed by atoms with E-state index < -0.39 is 15.8 Å². The zero-order valence-corrected chi connectivity index (χ0v) is 12.4. The topological polar surface area (TPSA) is 72.6 Å². The fraction of sp³-hybridized carbons (Fsp3) is 0.143. The summed E-state index contributed by atoms with van der Waals surface area (Å²) in [6, 6.07) is 9.64. The summed E-state index contributed by atoms with van der Waals surface area (Å²) >= 11 is 0. The van der Waals surface area contributed by atoms with Crippen molar-refractivity contribution in [3.8, 4) is 5.75 Å². The highest BCUT2D eigenvalue weighted by molar-refractivity contribution is 7.93. The Balaban J connectivity index is 2.54. The molecule has 2 aromatic rings. The summed E-state index contributed by atoms with van der Waals surface area (Å²) in [6.45, 7) is 0. The van der Waals surface area contributed by atoms with Gasteiger partial charge in [-0.3, -0.25) is 4.31 Å². The van der Waals surface area contributed by atoms with Crippen molar-refractivity contribution in [1.29, 1.82) is 0 Å². The summed E-state index contributed by atoms with van der Waals surface area (Å²) in [5.41, 5.74) is 6.14. The van der Waals surface area contributed by atoms with Crippen molar-refractivity contribution in [1.82, 2.24) is 0 Å². The van der Waals surface area contributed by atoms with Crippen LogP contribution < -0.4 is 14.8 Å². The Kier molecular flexibility index (Phi) is 4.04. The maximum atomic E-state index is 13.3. The highest BCUT2D eigenvalue weighted by Gasteiger charge is 2.25. The second-order valence-corrected chi connectivity index (χ2v) is 6.30. The average Bonchev–Trinajstić information content (AvgIpc) is 2.46. The lowest BCUT2D eigenvalue weighted by Gasteiger charge is -2.21. The van der Waals surface area contributed by atoms with E-state index in [0.717, 1.165) is 10.4 Å². The van der Waals surface area contributed by atoms with Crippen LogP contribution >= 0.6 is 0 Å². The van der Waals surface area contributed by atoms with Crippen LogP contribution in [0.4, 0.5) is 15.8 Å². The minimum absolute atomic E-state index is 0.0724. The van der Waals surface area contributed by atoms with Crippen LogP contribution in [0.3, 0.4) is 0 Å². The van der Waals surface area contributed by atoms with E-state index in [4.69, 9.17) is 10.5 Å². The summed E-state index contributed by atoms with van der Waals surface area (Å²) in [5, 5.41) is 0. The Morgan fingerprint density at radius 2 is 1.90 bits per heavy atom. The summed E-state index contributed by atoms with van der Waals surface area (Å²) in [7, 11) is -1.20. The molecule has 0 fully saturated rings. The maximum Gasteiger partial charge on any atom is 0.267 e. The van der Waals surface area contributed by atoms with E-state index in [2.05, 4.69) is 0 Å². The van der Waals surface area contributed by atoms with E-state index in [-0.39, 0.29) is 16.3 Å². The standard InChI is InChI=1S/C14H15FN2O3S/c1-17(12-5-3-4-10(15)8-12)21(18,19)14-9-11(16)6-7-13(14)20-2/h3-9H,16H2,1-2H3. The van der Waals surface area contributed by atoms with Gasteiger partial charge in [-0.25, -0.2) is 12.8 Å². The average molecular weight is 310 g/mol. The molecule has 0 saturated carbocycles. The Morgan fingerprint density at radius 3 is 2.52 bits per heavy atom. The van der Waals surface area contributed by atoms with Crippen molar-refractivity contribution in [2.75, 3.05) is 24.2 Å². The number of hydrogen-bond donors (Lipinski definition) is 1. The Hall–Kier alpha value is -2.28. The van der Waals surface area contributed by atoms with Crippen LogP contribution in [0.5, 0.6) is 5.75 Å². The molecule has 0 spiro atoms. The molecule has 0 aliphatic heterocycles. The first kappa shape index (κ1) is 15.1. The van der Waals surface area contributed by atoms with Gasteiger partial charge >= 0.3 is 0 Å². The fourth-order valence-corrected chi connectivity index (χ4v) is 3.23. The van der Waals surface area contributed by atoms with Gasteiger partial charge in [0.15, 0.2) is 0 Å². The van der Waals surface area contributed by atoms with E-state index in [0.29, 0.717) is 5.69 Å². The number of methoxy groups -OCH3 is 1. The van der Waals surface area contributed by atoms with E-state index in [1.807, 2.05) is 0 Å². The molecule has 0 radical (unpaired) electrons. The highest BCUT2D eigenvalue weighted by Crippen LogP contribution is 2.30. The number of benzene rings is 2. The molecule has 112 valence electrons. The van der Waals surface area contributed by atoms with Crippen LogP contribution in [0.2, 0.25) is 0 Å². The Bertz CT molecular complexity index is 763. The van der Waals surface area contributed by atoms with E-state index in [9.17, 15) is 12.8 Å². The molecule has 0 unspecified atom stereocenters. The van der Waals surface area contributed by atoms with Gasteiger partial charge in [-0.15, -0.1) is 0 Å². The quantitative estimate of drug-likeness (QED) is 0.879. The maximum absolute atomic E-state index is 13.3. The monoisotopic (exact) mass is 310 g/mol. The second kappa shape index (κ2) is 5.61. The number of halogens is 1. The van der Waals surface area contributed by atoms with Gasteiger partial charge in [-0.05, 0) is 36.4 Å². The first-order chi connectivity index (χ1) is 9.86. The highest BCUT2D eigenvalue weighted by atomic mass is 32.2. The Labute approximate surface area is 122 Å². The zero-order chi connectivity index (χ0) is 15.6. The molecule has 0 aliphatic rings. The number of hydrogen-bond acceptors (Lipinski definition) is 4. The zero-order valence-electron chi connectivity index (χ0n) is 11.6. The number of anilines is 2. The molecule has 5 nitrogen and oxygen atoms in total. The summed E-state index contributed by atoms with van der Waals surface area (Å²) in [5.74, 6) is -0.346. The largest absolute Gasteiger partial charge is 0.495 e.